The number of benzene rings is 1. The zero-order valence-electron chi connectivity index (χ0n) is 19.3. The van der Waals surface area contributed by atoms with Crippen LogP contribution in [0, 0.1) is 5.82 Å². The van der Waals surface area contributed by atoms with E-state index in [1.165, 1.54) is 17.7 Å². The first-order valence-corrected chi connectivity index (χ1v) is 11.7. The van der Waals surface area contributed by atoms with Crippen LogP contribution in [0.15, 0.2) is 42.6 Å². The summed E-state index contributed by atoms with van der Waals surface area (Å²) in [5, 5.41) is 9.94. The zero-order chi connectivity index (χ0) is 23.7. The number of rotatable bonds is 6. The Labute approximate surface area is 197 Å². The number of hydrogen-bond acceptors (Lipinski definition) is 5. The molecule has 0 bridgehead atoms. The van der Waals surface area contributed by atoms with E-state index in [9.17, 15) is 9.18 Å². The number of carboxylic acid groups (broad SMARTS) is 1. The Kier molecular flexibility index (Phi) is 6.34. The van der Waals surface area contributed by atoms with Crippen molar-refractivity contribution in [2.75, 3.05) is 39.8 Å². The molecule has 34 heavy (non-hydrogen) atoms. The predicted molar refractivity (Wildman–Crippen MR) is 129 cm³/mol. The number of allylic oxidation sites excluding steroid dienone is 1. The lowest BCUT2D eigenvalue weighted by Crippen LogP contribution is -2.51. The summed E-state index contributed by atoms with van der Waals surface area (Å²) in [5.41, 5.74) is 4.69. The van der Waals surface area contributed by atoms with Gasteiger partial charge in [0.05, 0.1) is 13.7 Å². The van der Waals surface area contributed by atoms with Crippen LogP contribution in [0.2, 0.25) is 0 Å². The molecule has 3 aromatic rings. The van der Waals surface area contributed by atoms with E-state index in [2.05, 4.69) is 27.0 Å². The smallest absolute Gasteiger partial charge is 0.317 e. The number of nitrogens with one attached hydrogen (secondary N) is 1. The summed E-state index contributed by atoms with van der Waals surface area (Å²) in [5.74, 6) is -0.438. The summed E-state index contributed by atoms with van der Waals surface area (Å²) >= 11 is 0. The van der Waals surface area contributed by atoms with Crippen LogP contribution >= 0.6 is 0 Å². The van der Waals surface area contributed by atoms with E-state index in [4.69, 9.17) is 9.84 Å². The first-order valence-electron chi connectivity index (χ1n) is 11.7. The van der Waals surface area contributed by atoms with E-state index in [1.54, 1.807) is 19.4 Å². The second kappa shape index (κ2) is 9.56. The van der Waals surface area contributed by atoms with Crippen LogP contribution in [0.1, 0.15) is 25.0 Å². The van der Waals surface area contributed by atoms with Crippen molar-refractivity contribution >= 4 is 22.6 Å². The standard InChI is InChI=1S/C26H29FN4O3/c1-34-24-7-4-18(27)14-21(24)20-8-9-28-26-22(20)15-23(29-26)17-2-5-19(6-3-17)31-12-10-30(11-13-31)16-25(32)33/h2,4,7-9,14-15,19H,3,5-6,10-13,16H2,1H3,(H,28,29)(H,32,33)/t19-/m0/s1. The summed E-state index contributed by atoms with van der Waals surface area (Å²) in [6, 6.07) is 9.05. The average Bonchev–Trinajstić information content (AvgIpc) is 3.29. The molecule has 1 fully saturated rings. The lowest BCUT2D eigenvalue weighted by Gasteiger charge is -2.39. The molecule has 2 aliphatic rings. The van der Waals surface area contributed by atoms with Crippen molar-refractivity contribution in [2.24, 2.45) is 0 Å². The minimum absolute atomic E-state index is 0.125. The highest BCUT2D eigenvalue weighted by Crippen LogP contribution is 2.37. The van der Waals surface area contributed by atoms with Crippen LogP contribution in [0.4, 0.5) is 4.39 Å². The number of aliphatic carboxylic acids is 1. The number of methoxy groups -OCH3 is 1. The second-order valence-corrected chi connectivity index (χ2v) is 9.01. The Morgan fingerprint density at radius 2 is 2.03 bits per heavy atom. The van der Waals surface area contributed by atoms with Crippen LogP contribution in [-0.4, -0.2) is 76.7 Å². The van der Waals surface area contributed by atoms with Gasteiger partial charge < -0.3 is 14.8 Å². The number of fused-ring (bicyclic) bond motifs is 1. The Morgan fingerprint density at radius 1 is 1.21 bits per heavy atom. The average molecular weight is 465 g/mol. The van der Waals surface area contributed by atoms with Crippen LogP contribution in [-0.2, 0) is 4.79 Å². The maximum atomic E-state index is 14.0. The number of pyridine rings is 1. The van der Waals surface area contributed by atoms with E-state index >= 15 is 0 Å². The van der Waals surface area contributed by atoms with E-state index in [0.717, 1.165) is 67.7 Å². The number of hydrogen-bond donors (Lipinski definition) is 2. The van der Waals surface area contributed by atoms with Crippen molar-refractivity contribution < 1.29 is 19.0 Å². The van der Waals surface area contributed by atoms with E-state index in [1.807, 2.05) is 11.0 Å². The topological polar surface area (TPSA) is 81.7 Å². The number of aromatic amines is 1. The third kappa shape index (κ3) is 4.56. The molecule has 1 atom stereocenters. The fraction of sp³-hybridized carbons (Fsp3) is 0.385. The zero-order valence-corrected chi connectivity index (χ0v) is 19.3. The highest BCUT2D eigenvalue weighted by Gasteiger charge is 2.26. The number of carboxylic acids is 1. The quantitative estimate of drug-likeness (QED) is 0.574. The maximum absolute atomic E-state index is 14.0. The molecule has 2 N–H and O–H groups in total. The molecule has 2 aromatic heterocycles. The molecular weight excluding hydrogens is 435 g/mol. The Morgan fingerprint density at radius 3 is 2.74 bits per heavy atom. The minimum atomic E-state index is -0.759. The van der Waals surface area contributed by atoms with Crippen LogP contribution in [0.5, 0.6) is 5.75 Å². The molecule has 1 saturated heterocycles. The van der Waals surface area contributed by atoms with Gasteiger partial charge in [-0.25, -0.2) is 9.37 Å². The summed E-state index contributed by atoms with van der Waals surface area (Å²) in [7, 11) is 1.59. The number of nitrogens with zero attached hydrogens (tertiary/aromatic N) is 3. The highest BCUT2D eigenvalue weighted by atomic mass is 19.1. The van der Waals surface area contributed by atoms with Crippen molar-refractivity contribution in [1.82, 2.24) is 19.8 Å². The Hall–Kier alpha value is -3.23. The maximum Gasteiger partial charge on any atom is 0.317 e. The van der Waals surface area contributed by atoms with Gasteiger partial charge in [-0.3, -0.25) is 14.6 Å². The molecular formula is C26H29FN4O3. The van der Waals surface area contributed by atoms with Crippen molar-refractivity contribution in [2.45, 2.75) is 25.3 Å². The van der Waals surface area contributed by atoms with E-state index in [0.29, 0.717) is 17.4 Å². The molecule has 178 valence electrons. The van der Waals surface area contributed by atoms with Gasteiger partial charge in [0.25, 0.3) is 0 Å². The summed E-state index contributed by atoms with van der Waals surface area (Å²) in [6.45, 7) is 3.56. The van der Waals surface area contributed by atoms with E-state index < -0.39 is 5.97 Å². The molecule has 0 amide bonds. The van der Waals surface area contributed by atoms with Crippen LogP contribution in [0.3, 0.4) is 0 Å². The number of halogens is 1. The third-order valence-electron chi connectivity index (χ3n) is 6.99. The van der Waals surface area contributed by atoms with Gasteiger partial charge in [-0.1, -0.05) is 6.08 Å². The molecule has 3 heterocycles. The fourth-order valence-electron chi connectivity index (χ4n) is 5.20. The van der Waals surface area contributed by atoms with Gasteiger partial charge in [0, 0.05) is 55.1 Å². The van der Waals surface area contributed by atoms with Gasteiger partial charge in [0.2, 0.25) is 0 Å². The predicted octanol–water partition coefficient (Wildman–Crippen LogP) is 4.02. The van der Waals surface area contributed by atoms with Crippen LogP contribution < -0.4 is 4.74 Å². The highest BCUT2D eigenvalue weighted by molar-refractivity contribution is 5.96. The number of H-pyrrole nitrogens is 1. The SMILES string of the molecule is COc1ccc(F)cc1-c1ccnc2[nH]c(C3=CC[C@H](N4CCN(CC(=O)O)CC4)CC3)cc12. The lowest BCUT2D eigenvalue weighted by molar-refractivity contribution is -0.138. The monoisotopic (exact) mass is 464 g/mol. The number of aromatic nitrogens is 2. The molecule has 0 radical (unpaired) electrons. The Bertz CT molecular complexity index is 1230. The molecule has 7 nitrogen and oxygen atoms in total. The van der Waals surface area contributed by atoms with Crippen molar-refractivity contribution in [3.63, 3.8) is 0 Å². The normalized spacial score (nSPS) is 19.8. The fourth-order valence-corrected chi connectivity index (χ4v) is 5.20. The largest absolute Gasteiger partial charge is 0.496 e. The minimum Gasteiger partial charge on any atom is -0.496 e. The first-order chi connectivity index (χ1) is 16.5. The Balaban J connectivity index is 1.33. The van der Waals surface area contributed by atoms with Crippen molar-refractivity contribution in [3.8, 4) is 16.9 Å². The van der Waals surface area contributed by atoms with Crippen LogP contribution in [0.25, 0.3) is 27.7 Å². The van der Waals surface area contributed by atoms with Gasteiger partial charge in [-0.15, -0.1) is 0 Å². The van der Waals surface area contributed by atoms with Gasteiger partial charge >= 0.3 is 5.97 Å². The summed E-state index contributed by atoms with van der Waals surface area (Å²) < 4.78 is 19.5. The number of piperazine rings is 1. The summed E-state index contributed by atoms with van der Waals surface area (Å²) in [6.07, 6.45) is 7.05. The van der Waals surface area contributed by atoms with Gasteiger partial charge in [-0.05, 0) is 60.7 Å². The van der Waals surface area contributed by atoms with Crippen molar-refractivity contribution in [3.05, 3.63) is 54.1 Å². The number of ether oxygens (including phenoxy) is 1. The van der Waals surface area contributed by atoms with Gasteiger partial charge in [0.1, 0.15) is 17.2 Å². The first kappa shape index (κ1) is 22.6. The van der Waals surface area contributed by atoms with Gasteiger partial charge in [0.15, 0.2) is 0 Å². The molecule has 0 unspecified atom stereocenters. The number of carbonyl (C=O) groups is 1. The van der Waals surface area contributed by atoms with Gasteiger partial charge in [-0.2, -0.15) is 0 Å². The molecule has 1 aliphatic heterocycles. The molecule has 1 aromatic carbocycles. The molecule has 5 rings (SSSR count). The molecule has 1 aliphatic carbocycles. The molecule has 0 saturated carbocycles. The summed E-state index contributed by atoms with van der Waals surface area (Å²) in [4.78, 5) is 23.4. The van der Waals surface area contributed by atoms with Crippen molar-refractivity contribution in [1.29, 1.82) is 0 Å². The third-order valence-corrected chi connectivity index (χ3v) is 6.99. The second-order valence-electron chi connectivity index (χ2n) is 9.01. The van der Waals surface area contributed by atoms with E-state index in [-0.39, 0.29) is 12.4 Å². The molecule has 8 heteroatoms. The lowest BCUT2D eigenvalue weighted by atomic mass is 9.91. The molecule has 0 spiro atoms.